The average Bonchev–Trinajstić information content (AvgIpc) is 2.50. The van der Waals surface area contributed by atoms with Crippen LogP contribution in [0.25, 0.3) is 0 Å². The summed E-state index contributed by atoms with van der Waals surface area (Å²) in [6.07, 6.45) is -0.647. The van der Waals surface area contributed by atoms with E-state index in [0.29, 0.717) is 0 Å². The lowest BCUT2D eigenvalue weighted by molar-refractivity contribution is -0.133. The number of imide groups is 1. The number of cyclic esters (lactones) is 1. The van der Waals surface area contributed by atoms with Crippen molar-refractivity contribution >= 4 is 29.7 Å². The molecule has 7 heteroatoms. The van der Waals surface area contributed by atoms with Crippen molar-refractivity contribution < 1.29 is 24.2 Å². The summed E-state index contributed by atoms with van der Waals surface area (Å²) >= 11 is 0.960. The number of carbonyl (C=O) groups excluding carboxylic acids is 2. The van der Waals surface area contributed by atoms with Crippen molar-refractivity contribution in [1.29, 1.82) is 0 Å². The molecule has 1 aliphatic rings. The summed E-state index contributed by atoms with van der Waals surface area (Å²) < 4.78 is 4.55. The van der Waals surface area contributed by atoms with E-state index in [1.165, 1.54) is 0 Å². The highest BCUT2D eigenvalue weighted by atomic mass is 32.2. The van der Waals surface area contributed by atoms with Gasteiger partial charge < -0.3 is 9.84 Å². The molecule has 1 fully saturated rings. The molecule has 78 valence electrons. The third-order valence-corrected chi connectivity index (χ3v) is 2.42. The quantitative estimate of drug-likeness (QED) is 0.704. The molecule has 1 saturated heterocycles. The number of carboxylic acid groups (broad SMARTS) is 1. The molecule has 6 nitrogen and oxygen atoms in total. The molecule has 1 N–H and O–H groups in total. The summed E-state index contributed by atoms with van der Waals surface area (Å²) in [5.74, 6) is -1.54. The Morgan fingerprint density at radius 1 is 1.50 bits per heavy atom. The fourth-order valence-electron chi connectivity index (χ4n) is 0.924. The smallest absolute Gasteiger partial charge is 0.416 e. The molecule has 0 aromatic carbocycles. The highest BCUT2D eigenvalue weighted by Crippen LogP contribution is 2.07. The van der Waals surface area contributed by atoms with E-state index in [0.717, 1.165) is 16.7 Å². The number of thioether (sulfide) groups is 1. The Morgan fingerprint density at radius 2 is 2.21 bits per heavy atom. The number of carboxylic acids is 1. The fraction of sp³-hybridized carbons (Fsp3) is 0.571. The molecule has 0 bridgehead atoms. The van der Waals surface area contributed by atoms with E-state index in [2.05, 4.69) is 4.74 Å². The van der Waals surface area contributed by atoms with Crippen LogP contribution in [-0.4, -0.2) is 52.6 Å². The predicted molar refractivity (Wildman–Crippen MR) is 48.0 cm³/mol. The maximum absolute atomic E-state index is 11.2. The molecule has 0 aliphatic carbocycles. The maximum atomic E-state index is 11.2. The second-order valence-electron chi connectivity index (χ2n) is 2.55. The molecule has 1 rings (SSSR count). The normalized spacial score (nSPS) is 15.4. The summed E-state index contributed by atoms with van der Waals surface area (Å²) in [5.41, 5.74) is 0. The van der Waals surface area contributed by atoms with Crippen LogP contribution < -0.4 is 0 Å². The fourth-order valence-corrected chi connectivity index (χ4v) is 1.53. The van der Waals surface area contributed by atoms with Crippen LogP contribution in [0, 0.1) is 0 Å². The molecular formula is C7H9NO5S. The van der Waals surface area contributed by atoms with Gasteiger partial charge in [-0.15, -0.1) is 11.8 Å². The van der Waals surface area contributed by atoms with Crippen molar-refractivity contribution in [3.63, 3.8) is 0 Å². The Labute approximate surface area is 84.2 Å². The second-order valence-corrected chi connectivity index (χ2v) is 3.53. The third kappa shape index (κ3) is 2.91. The Hall–Kier alpha value is -1.24. The summed E-state index contributed by atoms with van der Waals surface area (Å²) in [6.45, 7) is 0.472. The van der Waals surface area contributed by atoms with E-state index in [1.54, 1.807) is 0 Å². The van der Waals surface area contributed by atoms with Gasteiger partial charge in [0.15, 0.2) is 0 Å². The number of ether oxygens (including phenoxy) is 1. The number of hydrogen-bond donors (Lipinski definition) is 1. The minimum atomic E-state index is -0.980. The van der Waals surface area contributed by atoms with Crippen molar-refractivity contribution in [2.75, 3.05) is 24.7 Å². The number of hydrogen-bond acceptors (Lipinski definition) is 5. The SMILES string of the molecule is O=C(O)CSCC(=O)N1CCOC1=O. The van der Waals surface area contributed by atoms with Crippen molar-refractivity contribution in [1.82, 2.24) is 4.90 Å². The summed E-state index contributed by atoms with van der Waals surface area (Å²) in [4.78, 5) is 33.2. The summed E-state index contributed by atoms with van der Waals surface area (Å²) in [7, 11) is 0. The molecule has 2 amide bonds. The molecule has 0 saturated carbocycles. The molecule has 0 radical (unpaired) electrons. The van der Waals surface area contributed by atoms with Crippen molar-refractivity contribution in [3.8, 4) is 0 Å². The van der Waals surface area contributed by atoms with Gasteiger partial charge in [-0.2, -0.15) is 0 Å². The first kappa shape index (κ1) is 10.8. The van der Waals surface area contributed by atoms with Crippen LogP contribution in [0.5, 0.6) is 0 Å². The average molecular weight is 219 g/mol. The number of rotatable bonds is 4. The first-order valence-electron chi connectivity index (χ1n) is 3.88. The van der Waals surface area contributed by atoms with Crippen molar-refractivity contribution in [2.45, 2.75) is 0 Å². The summed E-state index contributed by atoms with van der Waals surface area (Å²) in [5, 5.41) is 8.31. The van der Waals surface area contributed by atoms with Gasteiger partial charge in [-0.25, -0.2) is 9.69 Å². The van der Waals surface area contributed by atoms with Crippen LogP contribution in [-0.2, 0) is 14.3 Å². The van der Waals surface area contributed by atoms with Crippen LogP contribution in [0.2, 0.25) is 0 Å². The zero-order valence-corrected chi connectivity index (χ0v) is 8.08. The monoisotopic (exact) mass is 219 g/mol. The largest absolute Gasteiger partial charge is 0.481 e. The number of nitrogens with zero attached hydrogens (tertiary/aromatic N) is 1. The molecular weight excluding hydrogens is 210 g/mol. The topological polar surface area (TPSA) is 83.9 Å². The zero-order valence-electron chi connectivity index (χ0n) is 7.26. The van der Waals surface area contributed by atoms with Gasteiger partial charge >= 0.3 is 12.1 Å². The lowest BCUT2D eigenvalue weighted by atomic mass is 10.5. The van der Waals surface area contributed by atoms with Crippen LogP contribution >= 0.6 is 11.8 Å². The Bertz CT molecular complexity index is 267. The Kier molecular flexibility index (Phi) is 3.75. The minimum absolute atomic E-state index is 0.0125. The number of aliphatic carboxylic acids is 1. The van der Waals surface area contributed by atoms with Crippen LogP contribution in [0.3, 0.4) is 0 Å². The zero-order chi connectivity index (χ0) is 10.6. The van der Waals surface area contributed by atoms with E-state index >= 15 is 0 Å². The molecule has 0 spiro atoms. The van der Waals surface area contributed by atoms with Crippen molar-refractivity contribution in [2.24, 2.45) is 0 Å². The predicted octanol–water partition coefficient (Wildman–Crippen LogP) is -0.217. The van der Waals surface area contributed by atoms with Gasteiger partial charge in [0.1, 0.15) is 6.61 Å². The van der Waals surface area contributed by atoms with Crippen LogP contribution in [0.15, 0.2) is 0 Å². The summed E-state index contributed by atoms with van der Waals surface area (Å²) in [6, 6.07) is 0. The Morgan fingerprint density at radius 3 is 2.71 bits per heavy atom. The van der Waals surface area contributed by atoms with E-state index in [1.807, 2.05) is 0 Å². The van der Waals surface area contributed by atoms with Gasteiger partial charge in [-0.3, -0.25) is 9.59 Å². The van der Waals surface area contributed by atoms with Gasteiger partial charge in [0.05, 0.1) is 18.1 Å². The molecule has 0 unspecified atom stereocenters. The van der Waals surface area contributed by atoms with E-state index in [-0.39, 0.29) is 24.7 Å². The van der Waals surface area contributed by atoms with Gasteiger partial charge in [0, 0.05) is 0 Å². The third-order valence-electron chi connectivity index (χ3n) is 1.51. The lowest BCUT2D eigenvalue weighted by Gasteiger charge is -2.08. The van der Waals surface area contributed by atoms with Gasteiger partial charge in [0.2, 0.25) is 5.91 Å². The second kappa shape index (κ2) is 4.85. The van der Waals surface area contributed by atoms with Crippen LogP contribution in [0.4, 0.5) is 4.79 Å². The van der Waals surface area contributed by atoms with Gasteiger partial charge in [-0.05, 0) is 0 Å². The van der Waals surface area contributed by atoms with E-state index in [4.69, 9.17) is 5.11 Å². The minimum Gasteiger partial charge on any atom is -0.481 e. The first-order valence-corrected chi connectivity index (χ1v) is 5.03. The number of amides is 2. The molecule has 1 heterocycles. The molecule has 0 aromatic heterocycles. The van der Waals surface area contributed by atoms with Crippen LogP contribution in [0.1, 0.15) is 0 Å². The molecule has 14 heavy (non-hydrogen) atoms. The van der Waals surface area contributed by atoms with Gasteiger partial charge in [-0.1, -0.05) is 0 Å². The molecule has 1 aliphatic heterocycles. The highest BCUT2D eigenvalue weighted by Gasteiger charge is 2.27. The molecule has 0 atom stereocenters. The number of carbonyl (C=O) groups is 3. The van der Waals surface area contributed by atoms with E-state index < -0.39 is 18.0 Å². The van der Waals surface area contributed by atoms with E-state index in [9.17, 15) is 14.4 Å². The lowest BCUT2D eigenvalue weighted by Crippen LogP contribution is -2.33. The standard InChI is InChI=1S/C7H9NO5S/c9-5(3-14-4-6(10)11)8-1-2-13-7(8)12/h1-4H2,(H,10,11). The maximum Gasteiger partial charge on any atom is 0.416 e. The Balaban J connectivity index is 2.27. The van der Waals surface area contributed by atoms with Crippen molar-refractivity contribution in [3.05, 3.63) is 0 Å². The molecule has 0 aromatic rings. The first-order chi connectivity index (χ1) is 6.61. The van der Waals surface area contributed by atoms with Gasteiger partial charge in [0.25, 0.3) is 0 Å². The highest BCUT2D eigenvalue weighted by molar-refractivity contribution is 8.00.